The van der Waals surface area contributed by atoms with Crippen molar-refractivity contribution in [3.63, 3.8) is 0 Å². The van der Waals surface area contributed by atoms with Gasteiger partial charge in [-0.05, 0) is 76.4 Å². The van der Waals surface area contributed by atoms with Gasteiger partial charge >= 0.3 is 11.4 Å². The van der Waals surface area contributed by atoms with Crippen molar-refractivity contribution < 1.29 is 9.59 Å². The Hall–Kier alpha value is -5.71. The van der Waals surface area contributed by atoms with Gasteiger partial charge in [0, 0.05) is 34.6 Å². The molecule has 0 spiro atoms. The van der Waals surface area contributed by atoms with Crippen molar-refractivity contribution in [3.05, 3.63) is 164 Å². The van der Waals surface area contributed by atoms with Gasteiger partial charge in [0.1, 0.15) is 5.69 Å². The second-order valence-corrected chi connectivity index (χ2v) is 11.4. The Balaban J connectivity index is 0.000000223. The van der Waals surface area contributed by atoms with Crippen LogP contribution in [0.25, 0.3) is 0 Å². The first-order chi connectivity index (χ1) is 22.3. The molecule has 5 aromatic rings. The number of hydrogen-bond donors (Lipinski definition) is 3. The Kier molecular flexibility index (Phi) is 10.6. The summed E-state index contributed by atoms with van der Waals surface area (Å²) in [5.74, 6) is -0.664. The van der Waals surface area contributed by atoms with Gasteiger partial charge in [0.2, 0.25) is 11.6 Å². The first kappa shape index (κ1) is 34.2. The van der Waals surface area contributed by atoms with Crippen molar-refractivity contribution in [2.24, 2.45) is 0 Å². The molecule has 3 N–H and O–H groups in total. The number of benzene rings is 2. The monoisotopic (exact) mass is 635 g/mol. The molecule has 2 aromatic carbocycles. The molecule has 0 aliphatic rings. The maximum Gasteiger partial charge on any atom is 0.329 e. The quantitative estimate of drug-likeness (QED) is 0.218. The number of carbonyl (C=O) groups is 2. The van der Waals surface area contributed by atoms with Crippen LogP contribution in [0.2, 0.25) is 0 Å². The van der Waals surface area contributed by atoms with E-state index in [0.717, 1.165) is 27.8 Å². The van der Waals surface area contributed by atoms with E-state index in [9.17, 15) is 28.8 Å². The molecule has 242 valence electrons. The molecular formula is C36H37N5O6. The first-order valence-electron chi connectivity index (χ1n) is 15.2. The molecule has 47 heavy (non-hydrogen) atoms. The Morgan fingerprint density at radius 3 is 1.74 bits per heavy atom. The number of rotatable bonds is 8. The summed E-state index contributed by atoms with van der Waals surface area (Å²) in [6.45, 7) is 11.3. The van der Waals surface area contributed by atoms with Crippen molar-refractivity contribution >= 4 is 11.6 Å². The number of ketones is 2. The summed E-state index contributed by atoms with van der Waals surface area (Å²) in [6, 6.07) is 14.5. The molecule has 0 fully saturated rings. The maximum absolute atomic E-state index is 13.3. The third kappa shape index (κ3) is 7.93. The van der Waals surface area contributed by atoms with E-state index in [1.54, 1.807) is 56.6 Å². The van der Waals surface area contributed by atoms with E-state index < -0.39 is 22.5 Å². The number of hydrogen-bond acceptors (Lipinski definition) is 7. The molecule has 0 saturated carbocycles. The van der Waals surface area contributed by atoms with Crippen molar-refractivity contribution in [1.82, 2.24) is 24.5 Å². The molecule has 11 nitrogen and oxygen atoms in total. The summed E-state index contributed by atoms with van der Waals surface area (Å²) in [5, 5.41) is 0. The molecule has 0 amide bonds. The Bertz CT molecular complexity index is 2170. The van der Waals surface area contributed by atoms with E-state index >= 15 is 0 Å². The van der Waals surface area contributed by atoms with E-state index in [0.29, 0.717) is 35.1 Å². The van der Waals surface area contributed by atoms with Crippen LogP contribution in [0.3, 0.4) is 0 Å². The van der Waals surface area contributed by atoms with Crippen molar-refractivity contribution in [2.75, 3.05) is 0 Å². The van der Waals surface area contributed by atoms with Crippen LogP contribution in [0.5, 0.6) is 0 Å². The van der Waals surface area contributed by atoms with E-state index in [2.05, 4.69) is 19.9 Å². The van der Waals surface area contributed by atoms with Gasteiger partial charge in [-0.15, -0.1) is 0 Å². The highest BCUT2D eigenvalue weighted by Gasteiger charge is 2.22. The van der Waals surface area contributed by atoms with Crippen molar-refractivity contribution in [2.45, 2.75) is 60.9 Å². The summed E-state index contributed by atoms with van der Waals surface area (Å²) in [4.78, 5) is 84.8. The van der Waals surface area contributed by atoms with Gasteiger partial charge in [-0.3, -0.25) is 38.7 Å². The number of pyridine rings is 1. The molecule has 0 bridgehead atoms. The SMILES string of the molecule is CCc1c(C(=O)c2cc(C)cc(C)c2)[nH]c(=O)[nH]c1=O.CCc1c(C(=O)c2cc(C)cc(C)c2)n(Cc2cccnc2)c(=O)[nH]c1=O. The normalized spacial score (nSPS) is 10.7. The number of aromatic amines is 3. The van der Waals surface area contributed by atoms with Gasteiger partial charge < -0.3 is 4.98 Å². The lowest BCUT2D eigenvalue weighted by Gasteiger charge is -2.15. The highest BCUT2D eigenvalue weighted by molar-refractivity contribution is 6.09. The third-order valence-corrected chi connectivity index (χ3v) is 7.52. The molecule has 0 unspecified atom stereocenters. The Morgan fingerprint density at radius 2 is 1.23 bits per heavy atom. The number of nitrogens with one attached hydrogen (secondary N) is 3. The standard InChI is InChI=1S/C21H21N3O3.C15H16N2O3/c1-4-17-18(19(25)16-9-13(2)8-14(3)10-16)24(21(27)23-20(17)26)12-15-6-5-7-22-11-15;1-4-11-12(16-15(20)17-14(11)19)13(18)10-6-8(2)5-9(3)7-10/h5-11H,4,12H2,1-3H3,(H,23,26,27);5-7H,4H2,1-3H3,(H2,16,17,19,20). The lowest BCUT2D eigenvalue weighted by Crippen LogP contribution is -2.37. The van der Waals surface area contributed by atoms with Crippen LogP contribution < -0.4 is 22.5 Å². The van der Waals surface area contributed by atoms with Gasteiger partial charge in [0.05, 0.1) is 12.2 Å². The minimum absolute atomic E-state index is 0.0752. The van der Waals surface area contributed by atoms with E-state index in [1.165, 1.54) is 4.57 Å². The smallest absolute Gasteiger partial charge is 0.304 e. The zero-order valence-corrected chi connectivity index (χ0v) is 27.2. The molecule has 5 rings (SSSR count). The second kappa shape index (κ2) is 14.6. The van der Waals surface area contributed by atoms with Crippen LogP contribution in [0.4, 0.5) is 0 Å². The third-order valence-electron chi connectivity index (χ3n) is 7.52. The molecule has 0 atom stereocenters. The summed E-state index contributed by atoms with van der Waals surface area (Å²) in [6.07, 6.45) is 3.99. The second-order valence-electron chi connectivity index (χ2n) is 11.4. The van der Waals surface area contributed by atoms with Crippen LogP contribution >= 0.6 is 0 Å². The summed E-state index contributed by atoms with van der Waals surface area (Å²) >= 11 is 0. The summed E-state index contributed by atoms with van der Waals surface area (Å²) < 4.78 is 1.33. The van der Waals surface area contributed by atoms with E-state index in [-0.39, 0.29) is 29.5 Å². The number of nitrogens with zero attached hydrogens (tertiary/aromatic N) is 2. The molecule has 3 aromatic heterocycles. The minimum Gasteiger partial charge on any atom is -0.304 e. The maximum atomic E-state index is 13.3. The predicted molar refractivity (Wildman–Crippen MR) is 180 cm³/mol. The van der Waals surface area contributed by atoms with Gasteiger partial charge in [0.25, 0.3) is 11.1 Å². The molecule has 0 saturated heterocycles. The van der Waals surface area contributed by atoms with Crippen LogP contribution in [0.15, 0.2) is 80.1 Å². The van der Waals surface area contributed by atoms with Crippen LogP contribution in [0, 0.1) is 27.7 Å². The zero-order valence-electron chi connectivity index (χ0n) is 27.2. The van der Waals surface area contributed by atoms with Crippen LogP contribution in [-0.2, 0) is 19.4 Å². The fourth-order valence-corrected chi connectivity index (χ4v) is 5.56. The number of carbonyl (C=O) groups excluding carboxylic acids is 2. The number of H-pyrrole nitrogens is 3. The van der Waals surface area contributed by atoms with Crippen LogP contribution in [0.1, 0.15) is 84.9 Å². The highest BCUT2D eigenvalue weighted by atomic mass is 16.2. The van der Waals surface area contributed by atoms with E-state index in [4.69, 9.17) is 0 Å². The molecule has 11 heteroatoms. The van der Waals surface area contributed by atoms with E-state index in [1.807, 2.05) is 45.9 Å². The summed E-state index contributed by atoms with van der Waals surface area (Å²) in [7, 11) is 0. The topological polar surface area (TPSA) is 168 Å². The first-order valence-corrected chi connectivity index (χ1v) is 15.2. The molecular weight excluding hydrogens is 598 g/mol. The average Bonchev–Trinajstić information content (AvgIpc) is 3.01. The fraction of sp³-hybridized carbons (Fsp3) is 0.250. The molecule has 0 radical (unpaired) electrons. The molecule has 3 heterocycles. The van der Waals surface area contributed by atoms with Gasteiger partial charge in [-0.1, -0.05) is 54.3 Å². The van der Waals surface area contributed by atoms with Crippen molar-refractivity contribution in [3.8, 4) is 0 Å². The largest absolute Gasteiger partial charge is 0.329 e. The average molecular weight is 636 g/mol. The van der Waals surface area contributed by atoms with Crippen LogP contribution in [-0.4, -0.2) is 36.1 Å². The Labute approximate surface area is 270 Å². The predicted octanol–water partition coefficient (Wildman–Crippen LogP) is 3.86. The molecule has 0 aliphatic heterocycles. The van der Waals surface area contributed by atoms with Gasteiger partial charge in [-0.2, -0.15) is 0 Å². The zero-order chi connectivity index (χ0) is 34.4. The van der Waals surface area contributed by atoms with Gasteiger partial charge in [-0.25, -0.2) is 9.59 Å². The molecule has 0 aliphatic carbocycles. The highest BCUT2D eigenvalue weighted by Crippen LogP contribution is 2.17. The van der Waals surface area contributed by atoms with Gasteiger partial charge in [0.15, 0.2) is 0 Å². The number of aromatic nitrogens is 5. The minimum atomic E-state index is -0.667. The number of aryl methyl sites for hydroxylation is 4. The fourth-order valence-electron chi connectivity index (χ4n) is 5.56. The lowest BCUT2D eigenvalue weighted by atomic mass is 9.99. The lowest BCUT2D eigenvalue weighted by molar-refractivity contribution is 0.102. The Morgan fingerprint density at radius 1 is 0.702 bits per heavy atom. The van der Waals surface area contributed by atoms with Crippen molar-refractivity contribution in [1.29, 1.82) is 0 Å². The summed E-state index contributed by atoms with van der Waals surface area (Å²) in [5.41, 5.74) is 4.04.